The van der Waals surface area contributed by atoms with Gasteiger partial charge in [0.2, 0.25) is 0 Å². The first kappa shape index (κ1) is 11.7. The van der Waals surface area contributed by atoms with Crippen LogP contribution in [0.4, 0.5) is 4.39 Å². The molecular formula is C14H15FN2. The van der Waals surface area contributed by atoms with Crippen LogP contribution in [0.25, 0.3) is 0 Å². The summed E-state index contributed by atoms with van der Waals surface area (Å²) in [7, 11) is 0. The maximum absolute atomic E-state index is 12.8. The Bertz CT molecular complexity index is 494. The van der Waals surface area contributed by atoms with Crippen molar-refractivity contribution in [2.24, 2.45) is 5.73 Å². The Labute approximate surface area is 100 Å². The summed E-state index contributed by atoms with van der Waals surface area (Å²) >= 11 is 0. The molecule has 1 heterocycles. The number of pyridine rings is 1. The molecule has 2 nitrogen and oxygen atoms in total. The van der Waals surface area contributed by atoms with Gasteiger partial charge in [0.15, 0.2) is 0 Å². The molecule has 17 heavy (non-hydrogen) atoms. The average Bonchev–Trinajstić information content (AvgIpc) is 2.39. The van der Waals surface area contributed by atoms with Crippen molar-refractivity contribution in [1.29, 1.82) is 0 Å². The van der Waals surface area contributed by atoms with Gasteiger partial charge < -0.3 is 5.73 Å². The minimum Gasteiger partial charge on any atom is -0.319 e. The molecule has 0 saturated heterocycles. The third kappa shape index (κ3) is 2.50. The van der Waals surface area contributed by atoms with Crippen LogP contribution in [-0.2, 0) is 6.42 Å². The molecule has 0 amide bonds. The second-order valence-corrected chi connectivity index (χ2v) is 3.93. The Morgan fingerprint density at radius 2 is 1.94 bits per heavy atom. The van der Waals surface area contributed by atoms with E-state index in [1.54, 1.807) is 18.3 Å². The van der Waals surface area contributed by atoms with Gasteiger partial charge in [0, 0.05) is 6.20 Å². The van der Waals surface area contributed by atoms with Gasteiger partial charge in [-0.2, -0.15) is 0 Å². The molecule has 0 saturated carbocycles. The lowest BCUT2D eigenvalue weighted by Crippen LogP contribution is -2.15. The normalized spacial score (nSPS) is 12.4. The van der Waals surface area contributed by atoms with E-state index in [1.807, 2.05) is 12.1 Å². The van der Waals surface area contributed by atoms with E-state index in [9.17, 15) is 4.39 Å². The van der Waals surface area contributed by atoms with Crippen LogP contribution in [0.15, 0.2) is 42.6 Å². The molecule has 1 aromatic heterocycles. The van der Waals surface area contributed by atoms with Crippen LogP contribution in [0.1, 0.15) is 29.8 Å². The Balaban J connectivity index is 2.36. The lowest BCUT2D eigenvalue weighted by molar-refractivity contribution is 0.626. The summed E-state index contributed by atoms with van der Waals surface area (Å²) in [6.45, 7) is 2.07. The van der Waals surface area contributed by atoms with E-state index in [2.05, 4.69) is 11.9 Å². The summed E-state index contributed by atoms with van der Waals surface area (Å²) in [5.41, 5.74) is 9.02. The summed E-state index contributed by atoms with van der Waals surface area (Å²) in [6, 6.07) is 9.87. The molecule has 0 bridgehead atoms. The molecule has 88 valence electrons. The van der Waals surface area contributed by atoms with E-state index < -0.39 is 0 Å². The van der Waals surface area contributed by atoms with E-state index in [4.69, 9.17) is 5.73 Å². The highest BCUT2D eigenvalue weighted by Gasteiger charge is 2.13. The zero-order valence-electron chi connectivity index (χ0n) is 9.73. The van der Waals surface area contributed by atoms with Crippen LogP contribution in [0, 0.1) is 5.82 Å². The van der Waals surface area contributed by atoms with E-state index in [-0.39, 0.29) is 11.9 Å². The van der Waals surface area contributed by atoms with Crippen molar-refractivity contribution in [2.45, 2.75) is 19.4 Å². The Morgan fingerprint density at radius 1 is 1.24 bits per heavy atom. The minimum absolute atomic E-state index is 0.252. The molecule has 1 unspecified atom stereocenters. The Morgan fingerprint density at radius 3 is 2.59 bits per heavy atom. The summed E-state index contributed by atoms with van der Waals surface area (Å²) in [5, 5.41) is 0. The SMILES string of the molecule is CCc1cccnc1C(N)c1ccc(F)cc1. The number of aromatic nitrogens is 1. The number of nitrogens with two attached hydrogens (primary N) is 1. The van der Waals surface area contributed by atoms with Crippen molar-refractivity contribution in [2.75, 3.05) is 0 Å². The molecule has 2 N–H and O–H groups in total. The maximum atomic E-state index is 12.8. The number of aryl methyl sites for hydroxylation is 1. The average molecular weight is 230 g/mol. The van der Waals surface area contributed by atoms with E-state index >= 15 is 0 Å². The molecular weight excluding hydrogens is 215 g/mol. The topological polar surface area (TPSA) is 38.9 Å². The summed E-state index contributed by atoms with van der Waals surface area (Å²) in [6.07, 6.45) is 2.62. The first-order valence-electron chi connectivity index (χ1n) is 5.67. The van der Waals surface area contributed by atoms with Crippen molar-refractivity contribution in [3.05, 3.63) is 65.2 Å². The molecule has 2 rings (SSSR count). The molecule has 0 fully saturated rings. The van der Waals surface area contributed by atoms with Crippen LogP contribution in [-0.4, -0.2) is 4.98 Å². The predicted molar refractivity (Wildman–Crippen MR) is 66.0 cm³/mol. The van der Waals surface area contributed by atoms with Gasteiger partial charge in [-0.1, -0.05) is 25.1 Å². The van der Waals surface area contributed by atoms with Gasteiger partial charge in [0.25, 0.3) is 0 Å². The highest BCUT2D eigenvalue weighted by Crippen LogP contribution is 2.21. The fourth-order valence-corrected chi connectivity index (χ4v) is 1.86. The van der Waals surface area contributed by atoms with Crippen LogP contribution in [0.5, 0.6) is 0 Å². The monoisotopic (exact) mass is 230 g/mol. The molecule has 0 aliphatic heterocycles. The summed E-state index contributed by atoms with van der Waals surface area (Å²) < 4.78 is 12.8. The zero-order valence-corrected chi connectivity index (χ0v) is 9.73. The molecule has 3 heteroatoms. The first-order chi connectivity index (χ1) is 8.22. The fourth-order valence-electron chi connectivity index (χ4n) is 1.86. The van der Waals surface area contributed by atoms with Gasteiger partial charge in [0.05, 0.1) is 11.7 Å². The minimum atomic E-state index is -0.299. The highest BCUT2D eigenvalue weighted by atomic mass is 19.1. The van der Waals surface area contributed by atoms with Gasteiger partial charge in [-0.05, 0) is 35.7 Å². The van der Waals surface area contributed by atoms with E-state index in [1.165, 1.54) is 12.1 Å². The van der Waals surface area contributed by atoms with E-state index in [0.717, 1.165) is 23.2 Å². The van der Waals surface area contributed by atoms with Crippen molar-refractivity contribution < 1.29 is 4.39 Å². The van der Waals surface area contributed by atoms with Gasteiger partial charge >= 0.3 is 0 Å². The van der Waals surface area contributed by atoms with Crippen LogP contribution in [0.3, 0.4) is 0 Å². The van der Waals surface area contributed by atoms with Crippen molar-refractivity contribution in [3.63, 3.8) is 0 Å². The second-order valence-electron chi connectivity index (χ2n) is 3.93. The molecule has 1 aromatic carbocycles. The Kier molecular flexibility index (Phi) is 3.49. The third-order valence-electron chi connectivity index (χ3n) is 2.83. The molecule has 0 spiro atoms. The Hall–Kier alpha value is -1.74. The molecule has 0 aliphatic carbocycles. The van der Waals surface area contributed by atoms with Gasteiger partial charge in [0.1, 0.15) is 5.82 Å². The van der Waals surface area contributed by atoms with Crippen LogP contribution >= 0.6 is 0 Å². The second kappa shape index (κ2) is 5.06. The van der Waals surface area contributed by atoms with Gasteiger partial charge in [-0.3, -0.25) is 4.98 Å². The molecule has 1 atom stereocenters. The standard InChI is InChI=1S/C14H15FN2/c1-2-10-4-3-9-17-14(10)13(16)11-5-7-12(15)8-6-11/h3-9,13H,2,16H2,1H3. The van der Waals surface area contributed by atoms with Gasteiger partial charge in [-0.25, -0.2) is 4.39 Å². The quantitative estimate of drug-likeness (QED) is 0.880. The predicted octanol–water partition coefficient (Wildman–Crippen LogP) is 2.83. The van der Waals surface area contributed by atoms with E-state index in [0.29, 0.717) is 0 Å². The van der Waals surface area contributed by atoms with Crippen molar-refractivity contribution in [3.8, 4) is 0 Å². The lowest BCUT2D eigenvalue weighted by Gasteiger charge is -2.14. The smallest absolute Gasteiger partial charge is 0.123 e. The van der Waals surface area contributed by atoms with Crippen molar-refractivity contribution >= 4 is 0 Å². The first-order valence-corrected chi connectivity index (χ1v) is 5.67. The maximum Gasteiger partial charge on any atom is 0.123 e. The number of halogens is 1. The number of hydrogen-bond donors (Lipinski definition) is 1. The fraction of sp³-hybridized carbons (Fsp3) is 0.214. The molecule has 0 aliphatic rings. The molecule has 2 aromatic rings. The van der Waals surface area contributed by atoms with Crippen LogP contribution in [0.2, 0.25) is 0 Å². The lowest BCUT2D eigenvalue weighted by atomic mass is 9.99. The summed E-state index contributed by atoms with van der Waals surface area (Å²) in [5.74, 6) is -0.252. The largest absolute Gasteiger partial charge is 0.319 e. The van der Waals surface area contributed by atoms with Crippen LogP contribution < -0.4 is 5.73 Å². The zero-order chi connectivity index (χ0) is 12.3. The van der Waals surface area contributed by atoms with Crippen molar-refractivity contribution in [1.82, 2.24) is 4.98 Å². The third-order valence-corrected chi connectivity index (χ3v) is 2.83. The number of nitrogens with zero attached hydrogens (tertiary/aromatic N) is 1. The number of rotatable bonds is 3. The number of benzene rings is 1. The molecule has 0 radical (unpaired) electrons. The highest BCUT2D eigenvalue weighted by molar-refractivity contribution is 5.32. The number of hydrogen-bond acceptors (Lipinski definition) is 2. The summed E-state index contributed by atoms with van der Waals surface area (Å²) in [4.78, 5) is 4.33. The van der Waals surface area contributed by atoms with Gasteiger partial charge in [-0.15, -0.1) is 0 Å².